The van der Waals surface area contributed by atoms with Crippen molar-refractivity contribution in [1.29, 1.82) is 0 Å². The molecule has 0 aliphatic heterocycles. The quantitative estimate of drug-likeness (QED) is 0.868. The van der Waals surface area contributed by atoms with Gasteiger partial charge in [0.15, 0.2) is 0 Å². The van der Waals surface area contributed by atoms with Gasteiger partial charge in [-0.15, -0.1) is 11.3 Å². The fourth-order valence-corrected chi connectivity index (χ4v) is 2.83. The van der Waals surface area contributed by atoms with Gasteiger partial charge in [0, 0.05) is 16.3 Å². The number of hydrogen-bond donors (Lipinski definition) is 1. The molecule has 2 heteroatoms. The first-order chi connectivity index (χ1) is 8.01. The van der Waals surface area contributed by atoms with Crippen LogP contribution in [0.15, 0.2) is 41.8 Å². The summed E-state index contributed by atoms with van der Waals surface area (Å²) in [6, 6.07) is 12.7. The van der Waals surface area contributed by atoms with Crippen molar-refractivity contribution in [1.82, 2.24) is 0 Å². The van der Waals surface area contributed by atoms with Crippen molar-refractivity contribution in [2.75, 3.05) is 0 Å². The Balaban J connectivity index is 2.33. The molecule has 1 unspecified atom stereocenters. The van der Waals surface area contributed by atoms with Gasteiger partial charge in [0.1, 0.15) is 0 Å². The van der Waals surface area contributed by atoms with Crippen LogP contribution in [-0.2, 0) is 5.41 Å². The molecule has 0 aliphatic carbocycles. The summed E-state index contributed by atoms with van der Waals surface area (Å²) >= 11 is 1.76. The van der Waals surface area contributed by atoms with E-state index in [0.29, 0.717) is 0 Å². The van der Waals surface area contributed by atoms with Gasteiger partial charge in [-0.25, -0.2) is 0 Å². The van der Waals surface area contributed by atoms with E-state index in [0.717, 1.165) is 0 Å². The summed E-state index contributed by atoms with van der Waals surface area (Å²) in [5.41, 5.74) is 8.90. The van der Waals surface area contributed by atoms with Crippen LogP contribution in [0.4, 0.5) is 0 Å². The molecule has 2 aromatic rings. The highest BCUT2D eigenvalue weighted by molar-refractivity contribution is 7.10. The minimum absolute atomic E-state index is 0.0369. The van der Waals surface area contributed by atoms with Crippen molar-refractivity contribution >= 4 is 11.3 Å². The lowest BCUT2D eigenvalue weighted by molar-refractivity contribution is 0.421. The van der Waals surface area contributed by atoms with E-state index in [2.05, 4.69) is 56.5 Å². The van der Waals surface area contributed by atoms with Crippen LogP contribution in [0.2, 0.25) is 0 Å². The largest absolute Gasteiger partial charge is 0.323 e. The molecule has 2 N–H and O–H groups in total. The molecule has 90 valence electrons. The second kappa shape index (κ2) is 4.63. The molecule has 0 bridgehead atoms. The summed E-state index contributed by atoms with van der Waals surface area (Å²) in [5, 5.41) is 2.17. The van der Waals surface area contributed by atoms with E-state index >= 15 is 0 Å². The Morgan fingerprint density at radius 2 is 1.82 bits per heavy atom. The van der Waals surface area contributed by atoms with Crippen molar-refractivity contribution in [3.05, 3.63) is 57.8 Å². The van der Waals surface area contributed by atoms with E-state index in [4.69, 9.17) is 5.73 Å². The summed E-state index contributed by atoms with van der Waals surface area (Å²) in [6.07, 6.45) is 0. The topological polar surface area (TPSA) is 26.0 Å². The van der Waals surface area contributed by atoms with Crippen LogP contribution in [0.3, 0.4) is 0 Å². The van der Waals surface area contributed by atoms with E-state index in [1.165, 1.54) is 16.0 Å². The fourth-order valence-electron chi connectivity index (χ4n) is 2.09. The SMILES string of the molecule is Cc1cc(C(N)C(C)(C)c2ccccc2)cs1. The third kappa shape index (κ3) is 2.43. The molecule has 2 rings (SSSR count). The predicted octanol–water partition coefficient (Wildman–Crippen LogP) is 4.03. The molecule has 1 nitrogen and oxygen atoms in total. The molecule has 0 radical (unpaired) electrons. The molecule has 1 heterocycles. The maximum atomic E-state index is 6.42. The highest BCUT2D eigenvalue weighted by Crippen LogP contribution is 2.36. The Hall–Kier alpha value is -1.12. The average molecular weight is 245 g/mol. The molecule has 0 fully saturated rings. The third-order valence-corrected chi connectivity index (χ3v) is 4.28. The molecule has 0 amide bonds. The van der Waals surface area contributed by atoms with Crippen LogP contribution < -0.4 is 5.73 Å². The molecule has 0 spiro atoms. The van der Waals surface area contributed by atoms with Crippen LogP contribution in [0.1, 0.15) is 35.9 Å². The van der Waals surface area contributed by atoms with E-state index in [1.54, 1.807) is 11.3 Å². The average Bonchev–Trinajstić information content (AvgIpc) is 2.76. The van der Waals surface area contributed by atoms with Crippen LogP contribution in [0.25, 0.3) is 0 Å². The van der Waals surface area contributed by atoms with Crippen molar-refractivity contribution in [3.63, 3.8) is 0 Å². The first-order valence-corrected chi connectivity index (χ1v) is 6.76. The summed E-state index contributed by atoms with van der Waals surface area (Å²) < 4.78 is 0. The van der Waals surface area contributed by atoms with Crippen LogP contribution in [-0.4, -0.2) is 0 Å². The van der Waals surface area contributed by atoms with Gasteiger partial charge in [-0.1, -0.05) is 44.2 Å². The number of aryl methyl sites for hydroxylation is 1. The number of hydrogen-bond acceptors (Lipinski definition) is 2. The minimum Gasteiger partial charge on any atom is -0.323 e. The summed E-state index contributed by atoms with van der Waals surface area (Å²) in [6.45, 7) is 6.54. The van der Waals surface area contributed by atoms with Gasteiger partial charge in [0.25, 0.3) is 0 Å². The lowest BCUT2D eigenvalue weighted by Gasteiger charge is -2.32. The van der Waals surface area contributed by atoms with E-state index in [1.807, 2.05) is 6.07 Å². The van der Waals surface area contributed by atoms with Gasteiger partial charge < -0.3 is 5.73 Å². The molecule has 17 heavy (non-hydrogen) atoms. The van der Waals surface area contributed by atoms with Crippen LogP contribution in [0, 0.1) is 6.92 Å². The van der Waals surface area contributed by atoms with Gasteiger partial charge in [-0.3, -0.25) is 0 Å². The highest BCUT2D eigenvalue weighted by Gasteiger charge is 2.29. The van der Waals surface area contributed by atoms with Gasteiger partial charge in [-0.05, 0) is 29.5 Å². The van der Waals surface area contributed by atoms with Crippen molar-refractivity contribution in [3.8, 4) is 0 Å². The first kappa shape index (κ1) is 12.3. The molecular weight excluding hydrogens is 226 g/mol. The molecular formula is C15H19NS. The Kier molecular flexibility index (Phi) is 3.36. The molecule has 1 aromatic heterocycles. The Morgan fingerprint density at radius 3 is 2.35 bits per heavy atom. The lowest BCUT2D eigenvalue weighted by Crippen LogP contribution is -2.32. The number of rotatable bonds is 3. The van der Waals surface area contributed by atoms with Gasteiger partial charge >= 0.3 is 0 Å². The Labute approximate surface area is 107 Å². The lowest BCUT2D eigenvalue weighted by atomic mass is 9.76. The van der Waals surface area contributed by atoms with Gasteiger partial charge in [-0.2, -0.15) is 0 Å². The molecule has 1 atom stereocenters. The fraction of sp³-hybridized carbons (Fsp3) is 0.333. The monoisotopic (exact) mass is 245 g/mol. The molecule has 0 aliphatic rings. The van der Waals surface area contributed by atoms with Gasteiger partial charge in [0.05, 0.1) is 0 Å². The number of thiophene rings is 1. The van der Waals surface area contributed by atoms with Crippen LogP contribution in [0.5, 0.6) is 0 Å². The zero-order chi connectivity index (χ0) is 12.5. The normalized spacial score (nSPS) is 13.6. The van der Waals surface area contributed by atoms with Crippen molar-refractivity contribution in [2.45, 2.75) is 32.2 Å². The standard InChI is InChI=1S/C15H19NS/c1-11-9-12(10-17-11)14(16)15(2,3)13-7-5-4-6-8-13/h4-10,14H,16H2,1-3H3. The number of nitrogens with two attached hydrogens (primary N) is 1. The molecule has 1 aromatic carbocycles. The summed E-state index contributed by atoms with van der Waals surface area (Å²) in [7, 11) is 0. The zero-order valence-corrected chi connectivity index (χ0v) is 11.4. The van der Waals surface area contributed by atoms with Crippen LogP contribution >= 0.6 is 11.3 Å². The zero-order valence-electron chi connectivity index (χ0n) is 10.6. The van der Waals surface area contributed by atoms with E-state index < -0.39 is 0 Å². The summed E-state index contributed by atoms with van der Waals surface area (Å²) in [4.78, 5) is 1.32. The minimum atomic E-state index is -0.0469. The summed E-state index contributed by atoms with van der Waals surface area (Å²) in [5.74, 6) is 0. The second-order valence-electron chi connectivity index (χ2n) is 5.06. The Morgan fingerprint density at radius 1 is 1.18 bits per heavy atom. The second-order valence-corrected chi connectivity index (χ2v) is 6.17. The predicted molar refractivity (Wildman–Crippen MR) is 75.5 cm³/mol. The Bertz CT molecular complexity index is 485. The number of benzene rings is 1. The molecule has 0 saturated carbocycles. The smallest absolute Gasteiger partial charge is 0.0396 e. The third-order valence-electron chi connectivity index (χ3n) is 3.41. The van der Waals surface area contributed by atoms with Gasteiger partial charge in [0.2, 0.25) is 0 Å². The van der Waals surface area contributed by atoms with E-state index in [9.17, 15) is 0 Å². The maximum absolute atomic E-state index is 6.42. The van der Waals surface area contributed by atoms with Crippen molar-refractivity contribution in [2.24, 2.45) is 5.73 Å². The van der Waals surface area contributed by atoms with Crippen molar-refractivity contribution < 1.29 is 0 Å². The van der Waals surface area contributed by atoms with E-state index in [-0.39, 0.29) is 11.5 Å². The highest BCUT2D eigenvalue weighted by atomic mass is 32.1. The maximum Gasteiger partial charge on any atom is 0.0396 e. The first-order valence-electron chi connectivity index (χ1n) is 5.88. The molecule has 0 saturated heterocycles.